The molecule has 0 aromatic carbocycles. The highest BCUT2D eigenvalue weighted by Gasteiger charge is 2.24. The molecule has 0 aliphatic heterocycles. The van der Waals surface area contributed by atoms with E-state index in [1.807, 2.05) is 103 Å². The van der Waals surface area contributed by atoms with Crippen LogP contribution in [0.25, 0.3) is 108 Å². The molecule has 14 heteroatoms. The van der Waals surface area contributed by atoms with Gasteiger partial charge in [-0.25, -0.2) is 20.2 Å². The van der Waals surface area contributed by atoms with E-state index in [0.717, 1.165) is 35.4 Å². The molecule has 0 fully saturated rings. The smallest absolute Gasteiger partial charge is 0.227 e. The van der Waals surface area contributed by atoms with Gasteiger partial charge in [-0.05, 0) is 84.4 Å². The second-order valence-electron chi connectivity index (χ2n) is 16.7. The Bertz CT molecular complexity index is 3410. The summed E-state index contributed by atoms with van der Waals surface area (Å²) in [5, 5.41) is 24.6. The van der Waals surface area contributed by atoms with Crippen molar-refractivity contribution in [1.82, 2.24) is 0 Å². The molecule has 10 heterocycles. The van der Waals surface area contributed by atoms with Gasteiger partial charge >= 0.3 is 0 Å². The quantitative estimate of drug-likeness (QED) is 0.0674. The molecule has 0 N–H and O–H groups in total. The number of unbranched alkanes of at least 4 members (excludes halogenated alkanes) is 2. The number of allylic oxidation sites excluding steroid dienone is 2. The van der Waals surface area contributed by atoms with E-state index in [-0.39, 0.29) is 11.4 Å². The first kappa shape index (κ1) is 45.8. The molecule has 10 rings (SSSR count). The maximum Gasteiger partial charge on any atom is 0.263 e. The highest BCUT2D eigenvalue weighted by molar-refractivity contribution is 7.52. The fraction of sp³-hybridized carbons (Fsp3) is 0.308. The number of hydrogen-bond donors (Lipinski definition) is 0. The molecule has 2 unspecified atom stereocenters. The Labute approximate surface area is 424 Å². The first-order valence-electron chi connectivity index (χ1n) is 22.3. The summed E-state index contributed by atoms with van der Waals surface area (Å²) >= 11 is 18.8. The lowest BCUT2D eigenvalue weighted by Gasteiger charge is -2.14. The van der Waals surface area contributed by atoms with Gasteiger partial charge in [-0.15, -0.1) is 113 Å². The Morgan fingerprint density at radius 1 is 0.500 bits per heavy atom. The molecule has 0 bridgehead atoms. The first-order chi connectivity index (χ1) is 32.3. The van der Waals surface area contributed by atoms with Gasteiger partial charge in [0.2, 0.25) is 0 Å². The number of nitrogens with zero attached hydrogens (tertiary/aromatic N) is 4. The van der Waals surface area contributed by atoms with Crippen LogP contribution in [0.15, 0.2) is 47.8 Å². The summed E-state index contributed by atoms with van der Waals surface area (Å²) in [6, 6.07) is 18.5. The second-order valence-corrected chi connectivity index (χ2v) is 28.2. The highest BCUT2D eigenvalue weighted by atomic mass is 32.2. The third kappa shape index (κ3) is 8.58. The van der Waals surface area contributed by atoms with Crippen LogP contribution >= 0.6 is 113 Å². The SMILES string of the molecule is [C-]#[N+]/C(C#N)=C\c1sc(-c2cc3c(s2)sc2c4cc(-c5cc6c(s5)sc5c7cc(-c8cc(CC(CC)CCCC)c(/C=C(\C#N)[N+]#[C-])s8)sc7sc65)sc4sc32)cc1CC(CC)CCCC. The maximum atomic E-state index is 9.59. The van der Waals surface area contributed by atoms with Crippen molar-refractivity contribution in [3.63, 3.8) is 0 Å². The molecule has 66 heavy (non-hydrogen) atoms. The van der Waals surface area contributed by atoms with Crippen LogP contribution in [0.4, 0.5) is 0 Å². The topological polar surface area (TPSA) is 56.3 Å². The monoisotopic (exact) mass is 1040 g/mol. The van der Waals surface area contributed by atoms with Crippen LogP contribution < -0.4 is 0 Å². The van der Waals surface area contributed by atoms with E-state index in [1.165, 1.54) is 135 Å². The molecule has 0 aliphatic carbocycles. The lowest BCUT2D eigenvalue weighted by molar-refractivity contribution is 0.449. The third-order valence-electron chi connectivity index (χ3n) is 12.5. The van der Waals surface area contributed by atoms with Crippen LogP contribution in [-0.2, 0) is 12.8 Å². The minimum absolute atomic E-state index is 0.150. The van der Waals surface area contributed by atoms with E-state index in [9.17, 15) is 10.5 Å². The summed E-state index contributed by atoms with van der Waals surface area (Å²) in [7, 11) is 0. The van der Waals surface area contributed by atoms with E-state index >= 15 is 0 Å². The molecule has 0 radical (unpaired) electrons. The summed E-state index contributed by atoms with van der Waals surface area (Å²) in [6.07, 6.45) is 15.1. The maximum absolute atomic E-state index is 9.59. The molecule has 10 aromatic rings. The van der Waals surface area contributed by atoms with Gasteiger partial charge in [0.05, 0.1) is 60.1 Å². The van der Waals surface area contributed by atoms with Crippen molar-refractivity contribution in [2.75, 3.05) is 0 Å². The Morgan fingerprint density at radius 3 is 1.09 bits per heavy atom. The molecular weight excluding hydrogens is 1000 g/mol. The van der Waals surface area contributed by atoms with E-state index in [1.54, 1.807) is 22.7 Å². The Kier molecular flexibility index (Phi) is 13.6. The molecule has 0 spiro atoms. The Hall–Kier alpha value is -4.00. The predicted octanol–water partition coefficient (Wildman–Crippen LogP) is 21.3. The van der Waals surface area contributed by atoms with Gasteiger partial charge in [0.1, 0.15) is 0 Å². The summed E-state index contributed by atoms with van der Waals surface area (Å²) < 4.78 is 11.1. The third-order valence-corrected chi connectivity index (χ3v) is 25.4. The normalized spacial score (nSPS) is 13.5. The zero-order valence-electron chi connectivity index (χ0n) is 36.7. The first-order valence-corrected chi connectivity index (χ1v) is 30.4. The van der Waals surface area contributed by atoms with Crippen molar-refractivity contribution in [2.24, 2.45) is 11.8 Å². The fourth-order valence-corrected chi connectivity index (χ4v) is 22.4. The molecule has 0 saturated heterocycles. The van der Waals surface area contributed by atoms with Gasteiger partial charge < -0.3 is 0 Å². The zero-order valence-corrected chi connectivity index (χ0v) is 44.9. The standard InChI is InChI=1S/C52H42N4S10/c1-7-11-13-27(9-3)15-29-17-39(57-37(29)19-31(25-53)55-5)41-21-33-45-47(63-49(33)59-41)35-23-43(61-51(35)65-45)44-24-36-48-46(66-52(36)62-44)34-22-42(60-50(34)64-48)40-18-30(16-28(10-4)14-12-8-2)38(58-40)20-32(26-54)56-6/h17-24,27-28H,7-16H2,1-4H3/b31-19-,32-20+. The van der Waals surface area contributed by atoms with Crippen molar-refractivity contribution in [3.05, 3.63) is 91.5 Å². The minimum Gasteiger partial charge on any atom is -0.227 e. The average molecular weight is 1040 g/mol. The Balaban J connectivity index is 0.928. The van der Waals surface area contributed by atoms with Crippen molar-refractivity contribution < 1.29 is 0 Å². The Morgan fingerprint density at radius 2 is 0.818 bits per heavy atom. The number of hydrogen-bond acceptors (Lipinski definition) is 12. The number of nitriles is 2. The van der Waals surface area contributed by atoms with E-state index in [4.69, 9.17) is 13.1 Å². The van der Waals surface area contributed by atoms with Gasteiger partial charge in [-0.2, -0.15) is 0 Å². The van der Waals surface area contributed by atoms with Crippen LogP contribution in [0.1, 0.15) is 99.9 Å². The van der Waals surface area contributed by atoms with Crippen molar-refractivity contribution >= 4 is 182 Å². The van der Waals surface area contributed by atoms with E-state index in [2.05, 4.69) is 85.9 Å². The highest BCUT2D eigenvalue weighted by Crippen LogP contribution is 2.56. The summed E-state index contributed by atoms with van der Waals surface area (Å²) in [5.41, 5.74) is 2.83. The number of fused-ring (bicyclic) bond motifs is 10. The lowest BCUT2D eigenvalue weighted by Crippen LogP contribution is -2.03. The van der Waals surface area contributed by atoms with Crippen LogP contribution in [0.3, 0.4) is 0 Å². The van der Waals surface area contributed by atoms with Gasteiger partial charge in [0.25, 0.3) is 11.4 Å². The van der Waals surface area contributed by atoms with Crippen molar-refractivity contribution in [1.29, 1.82) is 10.5 Å². The predicted molar refractivity (Wildman–Crippen MR) is 301 cm³/mol. The molecule has 4 nitrogen and oxygen atoms in total. The van der Waals surface area contributed by atoms with E-state index in [0.29, 0.717) is 11.8 Å². The van der Waals surface area contributed by atoms with Crippen LogP contribution in [-0.4, -0.2) is 0 Å². The zero-order chi connectivity index (χ0) is 45.6. The minimum atomic E-state index is 0.150. The van der Waals surface area contributed by atoms with Gasteiger partial charge in [0, 0.05) is 60.6 Å². The van der Waals surface area contributed by atoms with Crippen LogP contribution in [0.2, 0.25) is 0 Å². The van der Waals surface area contributed by atoms with Gasteiger partial charge in [0.15, 0.2) is 0 Å². The molecule has 330 valence electrons. The van der Waals surface area contributed by atoms with Gasteiger partial charge in [-0.1, -0.05) is 79.1 Å². The van der Waals surface area contributed by atoms with Crippen LogP contribution in [0.5, 0.6) is 0 Å². The summed E-state index contributed by atoms with van der Waals surface area (Å²) in [6.45, 7) is 24.1. The second kappa shape index (κ2) is 19.5. The average Bonchev–Trinajstić information content (AvgIpc) is 4.17. The van der Waals surface area contributed by atoms with E-state index < -0.39 is 0 Å². The molecule has 0 amide bonds. The van der Waals surface area contributed by atoms with Gasteiger partial charge in [-0.3, -0.25) is 0 Å². The lowest BCUT2D eigenvalue weighted by atomic mass is 9.92. The van der Waals surface area contributed by atoms with Crippen LogP contribution in [0, 0.1) is 47.6 Å². The number of thiophene rings is 10. The fourth-order valence-electron chi connectivity index (χ4n) is 8.81. The molecule has 10 aromatic heterocycles. The van der Waals surface area contributed by atoms with Crippen molar-refractivity contribution in [3.8, 4) is 41.4 Å². The largest absolute Gasteiger partial charge is 0.263 e. The summed E-state index contributed by atoms with van der Waals surface area (Å²) in [5.74, 6) is 1.20. The molecule has 0 aliphatic rings. The molecule has 0 saturated carbocycles. The molecular formula is C52H42N4S10. The van der Waals surface area contributed by atoms with Crippen molar-refractivity contribution in [2.45, 2.75) is 91.9 Å². The summed E-state index contributed by atoms with van der Waals surface area (Å²) in [4.78, 5) is 16.8. The number of rotatable bonds is 17. The molecule has 2 atom stereocenters.